The molecule has 3 saturated heterocycles. The lowest BCUT2D eigenvalue weighted by Gasteiger charge is -2.34. The van der Waals surface area contributed by atoms with Gasteiger partial charge >= 0.3 is 0 Å². The van der Waals surface area contributed by atoms with E-state index in [4.69, 9.17) is 14.2 Å². The zero-order valence-electron chi connectivity index (χ0n) is 20.6. The van der Waals surface area contributed by atoms with Crippen LogP contribution in [0.2, 0.25) is 0 Å². The summed E-state index contributed by atoms with van der Waals surface area (Å²) in [4.78, 5) is 13.4. The van der Waals surface area contributed by atoms with Gasteiger partial charge in [-0.05, 0) is 42.7 Å². The Morgan fingerprint density at radius 1 is 1.03 bits per heavy atom. The minimum atomic E-state index is -0.692. The zero-order chi connectivity index (χ0) is 24.4. The van der Waals surface area contributed by atoms with E-state index in [1.54, 1.807) is 0 Å². The minimum absolute atomic E-state index is 0.0298. The Hall–Kier alpha value is -2.25. The molecule has 2 N–H and O–H groups in total. The van der Waals surface area contributed by atoms with Gasteiger partial charge in [0, 0.05) is 17.5 Å². The van der Waals surface area contributed by atoms with E-state index in [0.717, 1.165) is 30.4 Å². The normalized spacial score (nSPS) is 27.5. The van der Waals surface area contributed by atoms with Crippen LogP contribution in [-0.2, 0) is 19.0 Å². The van der Waals surface area contributed by atoms with Crippen molar-refractivity contribution < 1.29 is 24.1 Å². The highest BCUT2D eigenvalue weighted by Gasteiger charge is 2.45. The van der Waals surface area contributed by atoms with Gasteiger partial charge in [-0.15, -0.1) is 0 Å². The van der Waals surface area contributed by atoms with E-state index in [-0.39, 0.29) is 41.9 Å². The fourth-order valence-corrected chi connectivity index (χ4v) is 6.10. The lowest BCUT2D eigenvalue weighted by Crippen LogP contribution is -2.47. The third-order valence-corrected chi connectivity index (χ3v) is 8.05. The molecule has 3 fully saturated rings. The summed E-state index contributed by atoms with van der Waals surface area (Å²) in [5.74, 6) is 0.133. The second-order valence-corrected chi connectivity index (χ2v) is 10.4. The molecule has 3 aliphatic rings. The molecular formula is C29H37NO5. The van der Waals surface area contributed by atoms with Crippen LogP contribution in [0.3, 0.4) is 0 Å². The summed E-state index contributed by atoms with van der Waals surface area (Å²) in [5, 5.41) is 14.7. The van der Waals surface area contributed by atoms with Crippen molar-refractivity contribution in [3.8, 4) is 0 Å². The van der Waals surface area contributed by atoms with E-state index >= 15 is 0 Å². The maximum atomic E-state index is 13.4. The first-order valence-corrected chi connectivity index (χ1v) is 13.0. The molecule has 3 heterocycles. The van der Waals surface area contributed by atoms with E-state index < -0.39 is 12.4 Å². The predicted molar refractivity (Wildman–Crippen MR) is 133 cm³/mol. The topological polar surface area (TPSA) is 77.0 Å². The molecule has 0 aliphatic carbocycles. The first-order valence-electron chi connectivity index (χ1n) is 13.0. The lowest BCUT2D eigenvalue weighted by atomic mass is 9.81. The highest BCUT2D eigenvalue weighted by Crippen LogP contribution is 2.40. The van der Waals surface area contributed by atoms with E-state index in [1.807, 2.05) is 42.5 Å². The van der Waals surface area contributed by atoms with Gasteiger partial charge in [0.25, 0.3) is 0 Å². The van der Waals surface area contributed by atoms with E-state index in [0.29, 0.717) is 19.6 Å². The van der Waals surface area contributed by atoms with Gasteiger partial charge in [-0.3, -0.25) is 4.79 Å². The van der Waals surface area contributed by atoms with Gasteiger partial charge in [-0.25, -0.2) is 0 Å². The summed E-state index contributed by atoms with van der Waals surface area (Å²) in [6, 6.07) is 17.9. The molecular weight excluding hydrogens is 442 g/mol. The molecule has 35 heavy (non-hydrogen) atoms. The molecule has 5 rings (SSSR count). The van der Waals surface area contributed by atoms with Gasteiger partial charge in [-0.2, -0.15) is 0 Å². The Bertz CT molecular complexity index is 992. The number of carbonyl (C=O) groups is 1. The Morgan fingerprint density at radius 2 is 1.74 bits per heavy atom. The maximum absolute atomic E-state index is 13.4. The standard InChI is InChI=1S/C29H37NO5/c1-18(16-25(31)22-10-6-7-11-23(22)29-33-14-15-34-29)27(19(2)20-8-4-3-5-9-20)30-28(32)24-17-21-12-13-26(24)35-21/h3-11,18-19,21,24-27,29,31H,12-17H2,1-2H3,(H,30,32)/t18-,19?,21+,24?,25+,26?,27+/m1/s1. The number of ether oxygens (including phenoxy) is 3. The van der Waals surface area contributed by atoms with Gasteiger partial charge in [0.2, 0.25) is 5.91 Å². The second kappa shape index (κ2) is 10.8. The Morgan fingerprint density at radius 3 is 2.43 bits per heavy atom. The van der Waals surface area contributed by atoms with Gasteiger partial charge in [0.1, 0.15) is 0 Å². The molecule has 6 heteroatoms. The van der Waals surface area contributed by atoms with Crippen molar-refractivity contribution in [2.24, 2.45) is 11.8 Å². The highest BCUT2D eigenvalue weighted by molar-refractivity contribution is 5.80. The van der Waals surface area contributed by atoms with E-state index in [2.05, 4.69) is 31.3 Å². The number of hydrogen-bond acceptors (Lipinski definition) is 5. The summed E-state index contributed by atoms with van der Waals surface area (Å²) in [7, 11) is 0. The van der Waals surface area contributed by atoms with Crippen molar-refractivity contribution >= 4 is 5.91 Å². The molecule has 3 aliphatic heterocycles. The van der Waals surface area contributed by atoms with Crippen molar-refractivity contribution in [3.63, 3.8) is 0 Å². The van der Waals surface area contributed by atoms with Gasteiger partial charge in [-0.1, -0.05) is 68.4 Å². The lowest BCUT2D eigenvalue weighted by molar-refractivity contribution is -0.127. The van der Waals surface area contributed by atoms with Gasteiger partial charge < -0.3 is 24.6 Å². The average molecular weight is 480 g/mol. The first-order chi connectivity index (χ1) is 17.0. The van der Waals surface area contributed by atoms with Crippen LogP contribution in [0.5, 0.6) is 0 Å². The SMILES string of the molecule is CC(c1ccccc1)[C@@H](NC(=O)C1C[C@@H]2CCC1O2)[C@H](C)C[C@H](O)c1ccccc1C1OCCO1. The summed E-state index contributed by atoms with van der Waals surface area (Å²) in [6.45, 7) is 5.40. The van der Waals surface area contributed by atoms with Gasteiger partial charge in [0.05, 0.1) is 37.4 Å². The molecule has 3 unspecified atom stereocenters. The molecule has 1 amide bonds. The molecule has 2 aromatic carbocycles. The molecule has 7 atom stereocenters. The maximum Gasteiger partial charge on any atom is 0.226 e. The number of fused-ring (bicyclic) bond motifs is 2. The summed E-state index contributed by atoms with van der Waals surface area (Å²) in [5.41, 5.74) is 2.88. The molecule has 0 radical (unpaired) electrons. The van der Waals surface area contributed by atoms with Crippen LogP contribution in [-0.4, -0.2) is 42.5 Å². The summed E-state index contributed by atoms with van der Waals surface area (Å²) in [6.07, 6.45) is 2.51. The number of benzene rings is 2. The smallest absolute Gasteiger partial charge is 0.226 e. The Labute approximate surface area is 208 Å². The third-order valence-electron chi connectivity index (χ3n) is 8.05. The molecule has 2 aromatic rings. The van der Waals surface area contributed by atoms with Crippen LogP contribution in [0.4, 0.5) is 0 Å². The molecule has 188 valence electrons. The second-order valence-electron chi connectivity index (χ2n) is 10.4. The summed E-state index contributed by atoms with van der Waals surface area (Å²) >= 11 is 0. The predicted octanol–water partition coefficient (Wildman–Crippen LogP) is 4.65. The van der Waals surface area contributed by atoms with E-state index in [9.17, 15) is 9.90 Å². The first kappa shape index (κ1) is 24.4. The molecule has 0 aromatic heterocycles. The van der Waals surface area contributed by atoms with E-state index in [1.165, 1.54) is 5.56 Å². The third kappa shape index (κ3) is 5.31. The molecule has 0 spiro atoms. The Balaban J connectivity index is 1.33. The van der Waals surface area contributed by atoms with Crippen molar-refractivity contribution in [2.75, 3.05) is 13.2 Å². The zero-order valence-corrected chi connectivity index (χ0v) is 20.6. The fourth-order valence-electron chi connectivity index (χ4n) is 6.10. The minimum Gasteiger partial charge on any atom is -0.388 e. The molecule has 6 nitrogen and oxygen atoms in total. The number of nitrogens with one attached hydrogen (secondary N) is 1. The number of aliphatic hydroxyl groups is 1. The average Bonchev–Trinajstić information content (AvgIpc) is 3.66. The number of hydrogen-bond donors (Lipinski definition) is 2. The molecule has 2 bridgehead atoms. The molecule has 0 saturated carbocycles. The van der Waals surface area contributed by atoms with Crippen LogP contribution < -0.4 is 5.32 Å². The highest BCUT2D eigenvalue weighted by atomic mass is 16.7. The quantitative estimate of drug-likeness (QED) is 0.548. The van der Waals surface area contributed by atoms with Crippen LogP contribution in [0.25, 0.3) is 0 Å². The number of rotatable bonds is 9. The van der Waals surface area contributed by atoms with Crippen LogP contribution in [0.15, 0.2) is 54.6 Å². The number of aliphatic hydroxyl groups excluding tert-OH is 1. The Kier molecular flexibility index (Phi) is 7.54. The number of amides is 1. The van der Waals surface area contributed by atoms with Crippen molar-refractivity contribution in [3.05, 3.63) is 71.3 Å². The van der Waals surface area contributed by atoms with Crippen molar-refractivity contribution in [1.29, 1.82) is 0 Å². The largest absolute Gasteiger partial charge is 0.388 e. The monoisotopic (exact) mass is 479 g/mol. The fraction of sp³-hybridized carbons (Fsp3) is 0.552. The van der Waals surface area contributed by atoms with Crippen LogP contribution in [0.1, 0.15) is 74.5 Å². The van der Waals surface area contributed by atoms with Crippen molar-refractivity contribution in [2.45, 2.75) is 76.1 Å². The van der Waals surface area contributed by atoms with Crippen LogP contribution >= 0.6 is 0 Å². The van der Waals surface area contributed by atoms with Crippen molar-refractivity contribution in [1.82, 2.24) is 5.32 Å². The summed E-state index contributed by atoms with van der Waals surface area (Å²) < 4.78 is 17.4. The van der Waals surface area contributed by atoms with Gasteiger partial charge in [0.15, 0.2) is 6.29 Å². The number of carbonyl (C=O) groups excluding carboxylic acids is 1. The van der Waals surface area contributed by atoms with Crippen LogP contribution in [0, 0.1) is 11.8 Å².